The summed E-state index contributed by atoms with van der Waals surface area (Å²) in [6.07, 6.45) is 23.6. The van der Waals surface area contributed by atoms with E-state index in [0.29, 0.717) is 0 Å². The molecule has 0 N–H and O–H groups in total. The summed E-state index contributed by atoms with van der Waals surface area (Å²) >= 11 is 0. The Kier molecular flexibility index (Phi) is 37.9. The molecule has 2 rings (SSSR count). The highest BCUT2D eigenvalue weighted by Gasteiger charge is 2.01. The molecule has 0 spiro atoms. The summed E-state index contributed by atoms with van der Waals surface area (Å²) in [5.41, 5.74) is 7.12. The van der Waals surface area contributed by atoms with Gasteiger partial charge in [0, 0.05) is 0 Å². The molecule has 42 heavy (non-hydrogen) atoms. The third-order valence-corrected chi connectivity index (χ3v) is 5.10. The van der Waals surface area contributed by atoms with E-state index >= 15 is 0 Å². The third kappa shape index (κ3) is 26.4. The fourth-order valence-corrected chi connectivity index (χ4v) is 2.87. The van der Waals surface area contributed by atoms with Gasteiger partial charge in [-0.25, -0.2) is 0 Å². The van der Waals surface area contributed by atoms with E-state index in [1.807, 2.05) is 115 Å². The molecule has 0 aliphatic rings. The minimum atomic E-state index is 0.0766. The van der Waals surface area contributed by atoms with Crippen LogP contribution in [-0.4, -0.2) is 0 Å². The zero-order valence-electron chi connectivity index (χ0n) is 29.0. The predicted octanol–water partition coefficient (Wildman–Crippen LogP) is 13.7. The van der Waals surface area contributed by atoms with E-state index < -0.39 is 0 Å². The van der Waals surface area contributed by atoms with Gasteiger partial charge in [0.2, 0.25) is 0 Å². The Morgan fingerprint density at radius 1 is 0.857 bits per heavy atom. The van der Waals surface area contributed by atoms with Gasteiger partial charge < -0.3 is 0 Å². The molecule has 0 saturated heterocycles. The van der Waals surface area contributed by atoms with E-state index in [4.69, 9.17) is 6.42 Å². The van der Waals surface area contributed by atoms with Crippen LogP contribution in [-0.2, 0) is 0 Å². The van der Waals surface area contributed by atoms with Crippen molar-refractivity contribution in [1.82, 2.24) is 0 Å². The van der Waals surface area contributed by atoms with Crippen LogP contribution in [0.3, 0.4) is 0 Å². The van der Waals surface area contributed by atoms with E-state index in [9.17, 15) is 0 Å². The first-order chi connectivity index (χ1) is 20.2. The van der Waals surface area contributed by atoms with Gasteiger partial charge in [0.1, 0.15) is 0 Å². The van der Waals surface area contributed by atoms with Crippen molar-refractivity contribution in [3.63, 3.8) is 0 Å². The summed E-state index contributed by atoms with van der Waals surface area (Å²) < 4.78 is 0. The summed E-state index contributed by atoms with van der Waals surface area (Å²) in [6, 6.07) is 18.4. The van der Waals surface area contributed by atoms with Crippen molar-refractivity contribution < 1.29 is 0 Å². The minimum Gasteiger partial charge on any atom is -0.119 e. The van der Waals surface area contributed by atoms with Crippen molar-refractivity contribution in [1.29, 1.82) is 0 Å². The van der Waals surface area contributed by atoms with E-state index in [-0.39, 0.29) is 5.92 Å². The van der Waals surface area contributed by atoms with Gasteiger partial charge in [0.15, 0.2) is 0 Å². The number of hydrogen-bond donors (Lipinski definition) is 0. The van der Waals surface area contributed by atoms with Gasteiger partial charge in [0.05, 0.1) is 5.92 Å². The molecule has 2 aromatic carbocycles. The fraction of sp³-hybridized carbons (Fsp3) is 0.333. The molecule has 0 bridgehead atoms. The summed E-state index contributed by atoms with van der Waals surface area (Å²) in [7, 11) is 0. The summed E-state index contributed by atoms with van der Waals surface area (Å²) in [5, 5.41) is 0. The normalized spacial score (nSPS) is 10.5. The lowest BCUT2D eigenvalue weighted by Crippen LogP contribution is -1.89. The second-order valence-electron chi connectivity index (χ2n) is 8.67. The average Bonchev–Trinajstić information content (AvgIpc) is 3.03. The average molecular weight is 567 g/mol. The summed E-state index contributed by atoms with van der Waals surface area (Å²) in [6.45, 7) is 33.8. The highest BCUT2D eigenvalue weighted by molar-refractivity contribution is 5.64. The lowest BCUT2D eigenvalue weighted by molar-refractivity contribution is 1.09. The van der Waals surface area contributed by atoms with Crippen LogP contribution in [0.5, 0.6) is 0 Å². The van der Waals surface area contributed by atoms with Crippen molar-refractivity contribution in [3.05, 3.63) is 151 Å². The highest BCUT2D eigenvalue weighted by Crippen LogP contribution is 2.16. The number of allylic oxidation sites excluding steroid dienone is 11. The SMILES string of the molecule is C#CC(/C=C\C=C/CC)c1ccccc1.C=C(C)c1ccccc1C.C=C/C=C\C(=C)/C(C)=C/C.CC.CC.CCC. The predicted molar refractivity (Wildman–Crippen MR) is 199 cm³/mol. The molecule has 1 unspecified atom stereocenters. The van der Waals surface area contributed by atoms with E-state index in [1.54, 1.807) is 6.08 Å². The quantitative estimate of drug-likeness (QED) is 0.220. The standard InChI is InChI=1S/C15H16.C10H12.C10H14.C3H8.2C2H6/c1-3-5-6-8-11-14(4-2)15-12-9-7-10-13-15;1-8(2)10-7-5-4-6-9(10)3;1-5-7-8-10(4)9(3)6-2;1-3-2;2*1-2/h2,5-14H,3H2,1H3;4-7H,1H2,2-3H3;5-8H,1,4H2,2-3H3;3H2,1-2H3;2*1-2H3/b6-5-,11-8-;;8-7-,9-6+;;;. The van der Waals surface area contributed by atoms with Crippen LogP contribution < -0.4 is 0 Å². The van der Waals surface area contributed by atoms with E-state index in [1.165, 1.54) is 28.7 Å². The van der Waals surface area contributed by atoms with Crippen molar-refractivity contribution >= 4 is 5.57 Å². The molecule has 1 atom stereocenters. The van der Waals surface area contributed by atoms with Crippen molar-refractivity contribution in [2.45, 2.75) is 94.9 Å². The zero-order valence-corrected chi connectivity index (χ0v) is 29.0. The minimum absolute atomic E-state index is 0.0766. The van der Waals surface area contributed by atoms with Crippen LogP contribution in [0.2, 0.25) is 0 Å². The van der Waals surface area contributed by atoms with Gasteiger partial charge in [0.25, 0.3) is 0 Å². The Hall–Kier alpha value is -3.82. The number of benzene rings is 2. The Labute approximate surface area is 263 Å². The van der Waals surface area contributed by atoms with Gasteiger partial charge in [-0.2, -0.15) is 0 Å². The Balaban J connectivity index is -0.000000238. The lowest BCUT2D eigenvalue weighted by atomic mass is 10.00. The van der Waals surface area contributed by atoms with Crippen molar-refractivity contribution in [2.75, 3.05) is 0 Å². The van der Waals surface area contributed by atoms with Crippen molar-refractivity contribution in [3.8, 4) is 12.3 Å². The Bertz CT molecular complexity index is 1080. The van der Waals surface area contributed by atoms with Crippen molar-refractivity contribution in [2.24, 2.45) is 0 Å². The molecule has 0 saturated carbocycles. The topological polar surface area (TPSA) is 0 Å². The maximum Gasteiger partial charge on any atom is 0.0633 e. The first-order valence-corrected chi connectivity index (χ1v) is 15.4. The van der Waals surface area contributed by atoms with Gasteiger partial charge in [-0.3, -0.25) is 0 Å². The maximum atomic E-state index is 5.49. The maximum absolute atomic E-state index is 5.49. The molecule has 0 radical (unpaired) electrons. The Morgan fingerprint density at radius 2 is 1.38 bits per heavy atom. The molecule has 230 valence electrons. The molecule has 0 amide bonds. The summed E-state index contributed by atoms with van der Waals surface area (Å²) in [5.74, 6) is 2.85. The molecule has 0 aliphatic heterocycles. The number of hydrogen-bond acceptors (Lipinski definition) is 0. The van der Waals surface area contributed by atoms with E-state index in [2.05, 4.69) is 83.7 Å². The molecule has 0 heteroatoms. The molecule has 0 fully saturated rings. The molecule has 0 aromatic heterocycles. The van der Waals surface area contributed by atoms with Gasteiger partial charge in [-0.15, -0.1) is 6.42 Å². The highest BCUT2D eigenvalue weighted by atomic mass is 14.0. The fourth-order valence-electron chi connectivity index (χ4n) is 2.87. The largest absolute Gasteiger partial charge is 0.119 e. The monoisotopic (exact) mass is 566 g/mol. The molecular formula is C42H62. The molecular weight excluding hydrogens is 504 g/mol. The van der Waals surface area contributed by atoms with E-state index in [0.717, 1.165) is 17.6 Å². The molecule has 0 nitrogen and oxygen atoms in total. The third-order valence-electron chi connectivity index (χ3n) is 5.10. The second kappa shape index (κ2) is 35.2. The van der Waals surface area contributed by atoms with Gasteiger partial charge >= 0.3 is 0 Å². The molecule has 2 aromatic rings. The lowest BCUT2D eigenvalue weighted by Gasteiger charge is -2.04. The van der Waals surface area contributed by atoms with Crippen LogP contribution >= 0.6 is 0 Å². The van der Waals surface area contributed by atoms with Crippen LogP contribution in [0.1, 0.15) is 105 Å². The Morgan fingerprint density at radius 3 is 1.79 bits per heavy atom. The van der Waals surface area contributed by atoms with Crippen LogP contribution in [0.15, 0.2) is 134 Å². The first kappa shape index (κ1) is 45.2. The van der Waals surface area contributed by atoms with Gasteiger partial charge in [-0.05, 0) is 62.0 Å². The second-order valence-corrected chi connectivity index (χ2v) is 8.67. The van der Waals surface area contributed by atoms with Crippen LogP contribution in [0.4, 0.5) is 0 Å². The summed E-state index contributed by atoms with van der Waals surface area (Å²) in [4.78, 5) is 0. The van der Waals surface area contributed by atoms with Crippen LogP contribution in [0.25, 0.3) is 5.57 Å². The number of terminal acetylenes is 1. The van der Waals surface area contributed by atoms with Crippen LogP contribution in [0, 0.1) is 19.3 Å². The molecule has 0 aliphatic carbocycles. The van der Waals surface area contributed by atoms with Gasteiger partial charge in [-0.1, -0.05) is 189 Å². The number of aryl methyl sites for hydroxylation is 1. The first-order valence-electron chi connectivity index (χ1n) is 15.4. The number of rotatable bonds is 8. The molecule has 0 heterocycles. The smallest absolute Gasteiger partial charge is 0.0633 e. The zero-order chi connectivity index (χ0) is 33.2.